The van der Waals surface area contributed by atoms with Crippen molar-refractivity contribution in [1.29, 1.82) is 0 Å². The highest BCUT2D eigenvalue weighted by atomic mass is 16.6. The van der Waals surface area contributed by atoms with Gasteiger partial charge in [0.1, 0.15) is 11.8 Å². The molecule has 1 N–H and O–H groups in total. The molecule has 0 aromatic heterocycles. The minimum absolute atomic E-state index is 0.188. The van der Waals surface area contributed by atoms with E-state index in [4.69, 9.17) is 9.47 Å². The zero-order chi connectivity index (χ0) is 19.7. The number of nitrogens with one attached hydrogen (secondary N) is 1. The summed E-state index contributed by atoms with van der Waals surface area (Å²) in [4.78, 5) is 35.3. The summed E-state index contributed by atoms with van der Waals surface area (Å²) < 4.78 is 14.9. The number of rotatable bonds is 9. The van der Waals surface area contributed by atoms with Gasteiger partial charge in [0, 0.05) is 0 Å². The maximum absolute atomic E-state index is 11.9. The number of benzene rings is 1. The average molecular weight is 365 g/mol. The molecule has 0 heterocycles. The van der Waals surface area contributed by atoms with Gasteiger partial charge >= 0.3 is 11.9 Å². The largest absolute Gasteiger partial charge is 0.482 e. The summed E-state index contributed by atoms with van der Waals surface area (Å²) in [6.07, 6.45) is 0.433. The third-order valence-electron chi connectivity index (χ3n) is 3.73. The van der Waals surface area contributed by atoms with Gasteiger partial charge in [0.15, 0.2) is 13.2 Å². The van der Waals surface area contributed by atoms with Crippen LogP contribution in [0.3, 0.4) is 0 Å². The van der Waals surface area contributed by atoms with Crippen LogP contribution < -0.4 is 10.1 Å². The predicted molar refractivity (Wildman–Crippen MR) is 95.8 cm³/mol. The third-order valence-corrected chi connectivity index (χ3v) is 3.73. The Bertz CT molecular complexity index is 641. The molecule has 0 aliphatic heterocycles. The first-order chi connectivity index (χ1) is 12.2. The van der Waals surface area contributed by atoms with Crippen molar-refractivity contribution in [2.24, 2.45) is 5.92 Å². The number of carbonyl (C=O) groups excluding carboxylic acids is 3. The van der Waals surface area contributed by atoms with Gasteiger partial charge in [-0.2, -0.15) is 0 Å². The van der Waals surface area contributed by atoms with Gasteiger partial charge < -0.3 is 19.5 Å². The Morgan fingerprint density at radius 1 is 1.08 bits per heavy atom. The molecule has 0 bridgehead atoms. The lowest BCUT2D eigenvalue weighted by atomic mass is 10.0. The summed E-state index contributed by atoms with van der Waals surface area (Å²) >= 11 is 0. The van der Waals surface area contributed by atoms with E-state index < -0.39 is 30.5 Å². The average Bonchev–Trinajstić information content (AvgIpc) is 2.59. The van der Waals surface area contributed by atoms with E-state index >= 15 is 0 Å². The smallest absolute Gasteiger partial charge is 0.344 e. The number of esters is 2. The monoisotopic (exact) mass is 365 g/mol. The Labute approximate surface area is 154 Å². The van der Waals surface area contributed by atoms with Gasteiger partial charge in [0.05, 0.1) is 7.11 Å². The molecule has 0 aliphatic rings. The lowest BCUT2D eigenvalue weighted by Crippen LogP contribution is -2.44. The van der Waals surface area contributed by atoms with Crippen LogP contribution in [-0.2, 0) is 23.9 Å². The van der Waals surface area contributed by atoms with E-state index in [-0.39, 0.29) is 12.5 Å². The van der Waals surface area contributed by atoms with Gasteiger partial charge in [-0.15, -0.1) is 0 Å². The lowest BCUT2D eigenvalue weighted by molar-refractivity contribution is -0.151. The van der Waals surface area contributed by atoms with Gasteiger partial charge in [-0.3, -0.25) is 4.79 Å². The molecule has 0 fully saturated rings. The Morgan fingerprint density at radius 2 is 1.77 bits per heavy atom. The number of hydrogen-bond acceptors (Lipinski definition) is 6. The van der Waals surface area contributed by atoms with Gasteiger partial charge in [-0.25, -0.2) is 9.59 Å². The van der Waals surface area contributed by atoms with Crippen LogP contribution in [0.2, 0.25) is 0 Å². The van der Waals surface area contributed by atoms with Crippen LogP contribution in [-0.4, -0.2) is 44.2 Å². The summed E-state index contributed by atoms with van der Waals surface area (Å²) in [5.41, 5.74) is 2.17. The molecule has 7 nitrogen and oxygen atoms in total. The number of hydrogen-bond donors (Lipinski definition) is 1. The molecule has 26 heavy (non-hydrogen) atoms. The number of carbonyl (C=O) groups is 3. The SMILES string of the molecule is COC(=O)C(CC(C)C)NC(=O)COC(=O)COc1ccc(C)c(C)c1. The second kappa shape index (κ2) is 10.4. The molecule has 144 valence electrons. The van der Waals surface area contributed by atoms with Crippen molar-refractivity contribution in [3.05, 3.63) is 29.3 Å². The lowest BCUT2D eigenvalue weighted by Gasteiger charge is -2.18. The van der Waals surface area contributed by atoms with Crippen LogP contribution in [0.15, 0.2) is 18.2 Å². The molecule has 7 heteroatoms. The van der Waals surface area contributed by atoms with Crippen molar-refractivity contribution in [2.75, 3.05) is 20.3 Å². The van der Waals surface area contributed by atoms with E-state index in [1.807, 2.05) is 39.8 Å². The molecule has 0 saturated carbocycles. The van der Waals surface area contributed by atoms with E-state index in [2.05, 4.69) is 10.1 Å². The molecule has 1 atom stereocenters. The Balaban J connectivity index is 2.41. The molecule has 0 spiro atoms. The van der Waals surface area contributed by atoms with Crippen molar-refractivity contribution >= 4 is 17.8 Å². The molecule has 0 aliphatic carbocycles. The van der Waals surface area contributed by atoms with Gasteiger partial charge in [0.25, 0.3) is 5.91 Å². The van der Waals surface area contributed by atoms with Crippen LogP contribution in [0.4, 0.5) is 0 Å². The predicted octanol–water partition coefficient (Wildman–Crippen LogP) is 1.93. The maximum Gasteiger partial charge on any atom is 0.344 e. The summed E-state index contributed by atoms with van der Waals surface area (Å²) in [6.45, 7) is 6.98. The van der Waals surface area contributed by atoms with E-state index in [1.54, 1.807) is 6.07 Å². The zero-order valence-corrected chi connectivity index (χ0v) is 16.0. The number of amides is 1. The van der Waals surface area contributed by atoms with Crippen molar-refractivity contribution in [3.8, 4) is 5.75 Å². The summed E-state index contributed by atoms with van der Waals surface area (Å²) in [5, 5.41) is 2.51. The first-order valence-corrected chi connectivity index (χ1v) is 8.45. The summed E-state index contributed by atoms with van der Waals surface area (Å²) in [6, 6.07) is 4.71. The number of ether oxygens (including phenoxy) is 3. The summed E-state index contributed by atoms with van der Waals surface area (Å²) in [7, 11) is 1.26. The zero-order valence-electron chi connectivity index (χ0n) is 16.0. The fraction of sp³-hybridized carbons (Fsp3) is 0.526. The molecule has 0 radical (unpaired) electrons. The number of methoxy groups -OCH3 is 1. The Kier molecular flexibility index (Phi) is 8.61. The van der Waals surface area contributed by atoms with Crippen LogP contribution in [0.5, 0.6) is 5.75 Å². The molecule has 0 saturated heterocycles. The van der Waals surface area contributed by atoms with E-state index in [1.165, 1.54) is 7.11 Å². The maximum atomic E-state index is 11.9. The molecule has 1 aromatic carbocycles. The van der Waals surface area contributed by atoms with E-state index in [0.29, 0.717) is 12.2 Å². The first-order valence-electron chi connectivity index (χ1n) is 8.45. The highest BCUT2D eigenvalue weighted by molar-refractivity contribution is 5.86. The molecule has 1 rings (SSSR count). The fourth-order valence-electron chi connectivity index (χ4n) is 2.20. The normalized spacial score (nSPS) is 11.6. The highest BCUT2D eigenvalue weighted by Crippen LogP contribution is 2.16. The highest BCUT2D eigenvalue weighted by Gasteiger charge is 2.23. The van der Waals surface area contributed by atoms with Gasteiger partial charge in [-0.05, 0) is 49.4 Å². The molecule has 1 aromatic rings. The molecule has 1 amide bonds. The third kappa shape index (κ3) is 7.55. The van der Waals surface area contributed by atoms with Crippen molar-refractivity contribution in [3.63, 3.8) is 0 Å². The molecule has 1 unspecified atom stereocenters. The second-order valence-corrected chi connectivity index (χ2v) is 6.47. The minimum Gasteiger partial charge on any atom is -0.482 e. The van der Waals surface area contributed by atoms with Gasteiger partial charge in [-0.1, -0.05) is 19.9 Å². The molecular formula is C19H27NO6. The van der Waals surface area contributed by atoms with Gasteiger partial charge in [0.2, 0.25) is 0 Å². The second-order valence-electron chi connectivity index (χ2n) is 6.47. The quantitative estimate of drug-likeness (QED) is 0.673. The van der Waals surface area contributed by atoms with Crippen LogP contribution in [0.1, 0.15) is 31.4 Å². The Hall–Kier alpha value is -2.57. The van der Waals surface area contributed by atoms with Crippen LogP contribution in [0, 0.1) is 19.8 Å². The summed E-state index contributed by atoms with van der Waals surface area (Å²) in [5.74, 6) is -1.03. The van der Waals surface area contributed by atoms with Crippen LogP contribution >= 0.6 is 0 Å². The standard InChI is InChI=1S/C19H27NO6/c1-12(2)8-16(19(23)24-5)20-17(21)10-26-18(22)11-25-15-7-6-13(3)14(4)9-15/h6-7,9,12,16H,8,10-11H2,1-5H3,(H,20,21). The topological polar surface area (TPSA) is 90.9 Å². The van der Waals surface area contributed by atoms with Crippen molar-refractivity contribution in [2.45, 2.75) is 40.2 Å². The number of aryl methyl sites for hydroxylation is 2. The van der Waals surface area contributed by atoms with Crippen molar-refractivity contribution < 1.29 is 28.6 Å². The van der Waals surface area contributed by atoms with Crippen LogP contribution in [0.25, 0.3) is 0 Å². The minimum atomic E-state index is -0.766. The van der Waals surface area contributed by atoms with Crippen molar-refractivity contribution in [1.82, 2.24) is 5.32 Å². The van der Waals surface area contributed by atoms with E-state index in [0.717, 1.165) is 11.1 Å². The molecular weight excluding hydrogens is 338 g/mol. The Morgan fingerprint density at radius 3 is 2.35 bits per heavy atom. The van der Waals surface area contributed by atoms with E-state index in [9.17, 15) is 14.4 Å². The first kappa shape index (κ1) is 21.5. The fourth-order valence-corrected chi connectivity index (χ4v) is 2.20.